The fourth-order valence-corrected chi connectivity index (χ4v) is 3.16. The predicted molar refractivity (Wildman–Crippen MR) is 94.5 cm³/mol. The van der Waals surface area contributed by atoms with Crippen molar-refractivity contribution in [2.45, 2.75) is 19.3 Å². The van der Waals surface area contributed by atoms with E-state index < -0.39 is 22.8 Å². The van der Waals surface area contributed by atoms with Crippen LogP contribution in [0, 0.1) is 5.82 Å². The first-order chi connectivity index (χ1) is 12.3. The van der Waals surface area contributed by atoms with Crippen molar-refractivity contribution in [2.75, 3.05) is 7.11 Å². The molecule has 0 saturated heterocycles. The summed E-state index contributed by atoms with van der Waals surface area (Å²) in [6.07, 6.45) is 1.58. The van der Waals surface area contributed by atoms with Crippen LogP contribution in [0.3, 0.4) is 0 Å². The molecule has 0 aliphatic carbocycles. The van der Waals surface area contributed by atoms with Gasteiger partial charge in [0.2, 0.25) is 0 Å². The van der Waals surface area contributed by atoms with E-state index in [2.05, 4.69) is 20.2 Å². The van der Waals surface area contributed by atoms with Gasteiger partial charge in [0, 0.05) is 22.4 Å². The van der Waals surface area contributed by atoms with Crippen LogP contribution in [0.2, 0.25) is 0 Å². The maximum absolute atomic E-state index is 13.8. The molecule has 0 spiro atoms. The van der Waals surface area contributed by atoms with Gasteiger partial charge >= 0.3 is 5.97 Å². The molecule has 4 rings (SSSR count). The number of hydrogen-bond acceptors (Lipinski definition) is 5. The number of benzene rings is 2. The summed E-state index contributed by atoms with van der Waals surface area (Å²) >= 11 is 0. The summed E-state index contributed by atoms with van der Waals surface area (Å²) in [6, 6.07) is 4.16. The first-order valence-corrected chi connectivity index (χ1v) is 7.92. The largest absolute Gasteiger partial charge is 0.468 e. The number of imidazole rings is 1. The van der Waals surface area contributed by atoms with Crippen LogP contribution in [-0.4, -0.2) is 33.2 Å². The van der Waals surface area contributed by atoms with Crippen LogP contribution in [0.25, 0.3) is 32.6 Å². The highest BCUT2D eigenvalue weighted by Crippen LogP contribution is 2.34. The lowest BCUT2D eigenvalue weighted by Crippen LogP contribution is -2.31. The highest BCUT2D eigenvalue weighted by Gasteiger charge is 2.35. The molecule has 0 saturated carbocycles. The number of aromatic amines is 2. The van der Waals surface area contributed by atoms with Crippen molar-refractivity contribution in [3.8, 4) is 0 Å². The number of aromatic nitrogens is 4. The molecule has 0 amide bonds. The monoisotopic (exact) mass is 354 g/mol. The molecule has 26 heavy (non-hydrogen) atoms. The Bertz CT molecular complexity index is 1260. The van der Waals surface area contributed by atoms with E-state index in [-0.39, 0.29) is 5.82 Å². The van der Waals surface area contributed by atoms with Crippen LogP contribution in [0.1, 0.15) is 19.7 Å². The van der Waals surface area contributed by atoms with Crippen molar-refractivity contribution >= 4 is 38.5 Å². The third kappa shape index (κ3) is 2.11. The van der Waals surface area contributed by atoms with Gasteiger partial charge in [-0.25, -0.2) is 14.4 Å². The van der Waals surface area contributed by atoms with Crippen LogP contribution in [0.15, 0.2) is 29.2 Å². The van der Waals surface area contributed by atoms with E-state index in [1.54, 1.807) is 26.1 Å². The van der Waals surface area contributed by atoms with Gasteiger partial charge in [-0.05, 0) is 32.0 Å². The maximum atomic E-state index is 13.8. The Labute approximate surface area is 146 Å². The Morgan fingerprint density at radius 2 is 1.85 bits per heavy atom. The minimum absolute atomic E-state index is 0.276. The topological polar surface area (TPSA) is 101 Å². The first kappa shape index (κ1) is 16.2. The molecule has 7 nitrogen and oxygen atoms in total. The molecule has 0 bridgehead atoms. The average molecular weight is 354 g/mol. The number of carbonyl (C=O) groups excluding carboxylic acids is 1. The third-order valence-corrected chi connectivity index (χ3v) is 4.57. The summed E-state index contributed by atoms with van der Waals surface area (Å²) < 4.78 is 18.7. The fraction of sp³-hybridized carbons (Fsp3) is 0.222. The number of methoxy groups -OCH3 is 1. The maximum Gasteiger partial charge on any atom is 0.318 e. The number of rotatable bonds is 2. The zero-order chi connectivity index (χ0) is 18.6. The zero-order valence-electron chi connectivity index (χ0n) is 14.3. The predicted octanol–water partition coefficient (Wildman–Crippen LogP) is 2.54. The Morgan fingerprint density at radius 1 is 1.15 bits per heavy atom. The summed E-state index contributed by atoms with van der Waals surface area (Å²) in [5.74, 6) is -0.658. The van der Waals surface area contributed by atoms with Gasteiger partial charge < -0.3 is 9.84 Å². The van der Waals surface area contributed by atoms with Crippen molar-refractivity contribution < 1.29 is 13.9 Å². The van der Waals surface area contributed by atoms with Crippen molar-refractivity contribution in [3.05, 3.63) is 46.4 Å². The quantitative estimate of drug-likeness (QED) is 0.426. The smallest absolute Gasteiger partial charge is 0.318 e. The summed E-state index contributed by atoms with van der Waals surface area (Å²) in [5.41, 5.74) is -0.499. The van der Waals surface area contributed by atoms with E-state index >= 15 is 0 Å². The summed E-state index contributed by atoms with van der Waals surface area (Å²) in [5, 5.41) is 6.99. The lowest BCUT2D eigenvalue weighted by molar-refractivity contribution is -0.146. The van der Waals surface area contributed by atoms with Gasteiger partial charge in [-0.15, -0.1) is 0 Å². The summed E-state index contributed by atoms with van der Waals surface area (Å²) in [6.45, 7) is 3.33. The number of nitrogens with zero attached hydrogens (tertiary/aromatic N) is 2. The molecule has 2 aromatic carbocycles. The Morgan fingerprint density at radius 3 is 2.54 bits per heavy atom. The van der Waals surface area contributed by atoms with Gasteiger partial charge in [0.1, 0.15) is 22.6 Å². The van der Waals surface area contributed by atoms with Crippen molar-refractivity contribution in [3.63, 3.8) is 0 Å². The van der Waals surface area contributed by atoms with Gasteiger partial charge in [-0.3, -0.25) is 14.7 Å². The van der Waals surface area contributed by atoms with Gasteiger partial charge in [0.05, 0.1) is 18.0 Å². The molecule has 4 aromatic rings. The number of fused-ring (bicyclic) bond motifs is 6. The number of H-pyrrole nitrogens is 2. The van der Waals surface area contributed by atoms with Crippen molar-refractivity contribution in [2.24, 2.45) is 0 Å². The van der Waals surface area contributed by atoms with Gasteiger partial charge in [-0.1, -0.05) is 0 Å². The normalized spacial score (nSPS) is 12.2. The molecule has 2 heterocycles. The number of hydrogen-bond donors (Lipinski definition) is 2. The number of ether oxygens (including phenoxy) is 1. The zero-order valence-corrected chi connectivity index (χ0v) is 14.3. The molecule has 0 fully saturated rings. The average Bonchev–Trinajstić information content (AvgIpc) is 3.07. The second-order valence-corrected chi connectivity index (χ2v) is 6.58. The highest BCUT2D eigenvalue weighted by molar-refractivity contribution is 6.22. The molecule has 0 unspecified atom stereocenters. The van der Waals surface area contributed by atoms with E-state index in [0.717, 1.165) is 0 Å². The van der Waals surface area contributed by atoms with E-state index in [1.165, 1.54) is 19.2 Å². The minimum atomic E-state index is -1.07. The molecule has 8 heteroatoms. The highest BCUT2D eigenvalue weighted by atomic mass is 19.1. The standard InChI is InChI=1S/C18H15FN4O3/c1-18(2,17(25)26-3)16-21-13-9-5-4-8(19)6-10(9)12-11(14(13)22-16)7-20-23-15(12)24/h4-7,20H,1-3H3,(H,23,24). The first-order valence-electron chi connectivity index (χ1n) is 7.92. The Kier molecular flexibility index (Phi) is 3.33. The van der Waals surface area contributed by atoms with E-state index in [9.17, 15) is 14.0 Å². The molecular weight excluding hydrogens is 339 g/mol. The van der Waals surface area contributed by atoms with Crippen molar-refractivity contribution in [1.82, 2.24) is 20.2 Å². The van der Waals surface area contributed by atoms with Crippen LogP contribution >= 0.6 is 0 Å². The van der Waals surface area contributed by atoms with Crippen LogP contribution < -0.4 is 5.56 Å². The molecule has 132 valence electrons. The molecule has 0 atom stereocenters. The Hall–Kier alpha value is -3.29. The van der Waals surface area contributed by atoms with Gasteiger partial charge in [-0.2, -0.15) is 0 Å². The van der Waals surface area contributed by atoms with Crippen LogP contribution in [0.5, 0.6) is 0 Å². The van der Waals surface area contributed by atoms with Crippen molar-refractivity contribution in [1.29, 1.82) is 0 Å². The minimum Gasteiger partial charge on any atom is -0.468 e. The number of nitrogens with one attached hydrogen (secondary N) is 2. The molecule has 0 radical (unpaired) electrons. The second kappa shape index (κ2) is 5.35. The number of carbonyl (C=O) groups is 1. The Balaban J connectivity index is 2.21. The molecule has 2 aromatic heterocycles. The van der Waals surface area contributed by atoms with E-state index in [1.807, 2.05) is 0 Å². The molecule has 2 N–H and O–H groups in total. The molecule has 0 aliphatic heterocycles. The van der Waals surface area contributed by atoms with Crippen LogP contribution in [0.4, 0.5) is 4.39 Å². The lowest BCUT2D eigenvalue weighted by atomic mass is 9.93. The third-order valence-electron chi connectivity index (χ3n) is 4.57. The van der Waals surface area contributed by atoms with Gasteiger partial charge in [0.15, 0.2) is 0 Å². The van der Waals surface area contributed by atoms with Crippen LogP contribution in [-0.2, 0) is 14.9 Å². The number of halogens is 1. The van der Waals surface area contributed by atoms with E-state index in [0.29, 0.717) is 32.6 Å². The lowest BCUT2D eigenvalue weighted by Gasteiger charge is -2.17. The number of esters is 1. The molecule has 0 aliphatic rings. The second-order valence-electron chi connectivity index (χ2n) is 6.58. The fourth-order valence-electron chi connectivity index (χ4n) is 3.16. The summed E-state index contributed by atoms with van der Waals surface area (Å²) in [7, 11) is 1.30. The summed E-state index contributed by atoms with van der Waals surface area (Å²) in [4.78, 5) is 33.5. The van der Waals surface area contributed by atoms with E-state index in [4.69, 9.17) is 4.74 Å². The van der Waals surface area contributed by atoms with Gasteiger partial charge in [0.25, 0.3) is 5.56 Å². The molecular formula is C18H15FN4O3. The SMILES string of the molecule is COC(=O)C(C)(C)c1nc2c3ccc(F)cc3c3c(=O)[nH][nH]cc3c2n1.